The number of fused-ring (bicyclic) bond motifs is 1. The third kappa shape index (κ3) is 3.21. The molecule has 0 aliphatic carbocycles. The molecule has 4 aromatic rings. The number of aromatic nitrogens is 1. The van der Waals surface area contributed by atoms with Crippen molar-refractivity contribution in [2.45, 2.75) is 6.54 Å². The summed E-state index contributed by atoms with van der Waals surface area (Å²) in [4.78, 5) is 29.1. The van der Waals surface area contributed by atoms with E-state index in [0.717, 1.165) is 10.8 Å². The van der Waals surface area contributed by atoms with Crippen LogP contribution in [0.4, 0.5) is 11.0 Å². The Morgan fingerprint density at radius 1 is 1.29 bits per heavy atom. The molecule has 0 spiro atoms. The van der Waals surface area contributed by atoms with Gasteiger partial charge in [0.1, 0.15) is 21.9 Å². The first-order chi connectivity index (χ1) is 13.6. The highest BCUT2D eigenvalue weighted by atomic mass is 32.1. The first-order valence-corrected chi connectivity index (χ1v) is 8.90. The summed E-state index contributed by atoms with van der Waals surface area (Å²) in [6, 6.07) is 11.3. The van der Waals surface area contributed by atoms with Crippen molar-refractivity contribution < 1.29 is 23.3 Å². The van der Waals surface area contributed by atoms with Crippen LogP contribution in [0.3, 0.4) is 0 Å². The van der Waals surface area contributed by atoms with Crippen LogP contribution in [-0.4, -0.2) is 22.9 Å². The minimum atomic E-state index is -0.698. The van der Waals surface area contributed by atoms with Crippen molar-refractivity contribution in [1.29, 1.82) is 0 Å². The number of methoxy groups -OCH3 is 1. The summed E-state index contributed by atoms with van der Waals surface area (Å²) in [5, 5.41) is 11.3. The van der Waals surface area contributed by atoms with Crippen molar-refractivity contribution in [2.75, 3.05) is 12.0 Å². The number of para-hydroxylation sites is 1. The summed E-state index contributed by atoms with van der Waals surface area (Å²) < 4.78 is 16.6. The van der Waals surface area contributed by atoms with E-state index < -0.39 is 16.7 Å². The fraction of sp³-hybridized carbons (Fsp3) is 0.111. The fourth-order valence-electron chi connectivity index (χ4n) is 2.65. The van der Waals surface area contributed by atoms with Gasteiger partial charge in [-0.05, 0) is 30.3 Å². The van der Waals surface area contributed by atoms with Crippen LogP contribution in [0.5, 0.6) is 5.75 Å². The van der Waals surface area contributed by atoms with E-state index in [1.165, 1.54) is 28.6 Å². The predicted octanol–water partition coefficient (Wildman–Crippen LogP) is 4.25. The highest BCUT2D eigenvalue weighted by Gasteiger charge is 2.27. The van der Waals surface area contributed by atoms with Gasteiger partial charge in [-0.25, -0.2) is 4.98 Å². The lowest BCUT2D eigenvalue weighted by molar-refractivity contribution is -0.402. The maximum atomic E-state index is 13.0. The molecular weight excluding hydrogens is 386 g/mol. The Morgan fingerprint density at radius 2 is 2.14 bits per heavy atom. The second kappa shape index (κ2) is 7.16. The van der Waals surface area contributed by atoms with Gasteiger partial charge in [0, 0.05) is 0 Å². The third-order valence-corrected chi connectivity index (χ3v) is 4.99. The van der Waals surface area contributed by atoms with Crippen LogP contribution in [0.2, 0.25) is 0 Å². The van der Waals surface area contributed by atoms with Crippen LogP contribution < -0.4 is 9.64 Å². The molecule has 142 valence electrons. The van der Waals surface area contributed by atoms with E-state index in [-0.39, 0.29) is 12.3 Å². The van der Waals surface area contributed by atoms with Gasteiger partial charge in [-0.3, -0.25) is 19.8 Å². The highest BCUT2D eigenvalue weighted by molar-refractivity contribution is 7.22. The van der Waals surface area contributed by atoms with E-state index in [4.69, 9.17) is 13.6 Å². The van der Waals surface area contributed by atoms with Gasteiger partial charge in [-0.1, -0.05) is 17.4 Å². The van der Waals surface area contributed by atoms with Crippen LogP contribution in [0, 0.1) is 10.1 Å². The molecule has 1 amide bonds. The van der Waals surface area contributed by atoms with Gasteiger partial charge in [-0.15, -0.1) is 0 Å². The smallest absolute Gasteiger partial charge is 0.433 e. The maximum Gasteiger partial charge on any atom is 0.433 e. The molecule has 0 N–H and O–H groups in total. The van der Waals surface area contributed by atoms with E-state index in [1.54, 1.807) is 25.3 Å². The number of nitrogens with zero attached hydrogens (tertiary/aromatic N) is 3. The highest BCUT2D eigenvalue weighted by Crippen LogP contribution is 2.35. The molecule has 3 heterocycles. The summed E-state index contributed by atoms with van der Waals surface area (Å²) in [6.07, 6.45) is 1.50. The van der Waals surface area contributed by atoms with Crippen molar-refractivity contribution in [2.24, 2.45) is 0 Å². The molecule has 4 rings (SSSR count). The number of ether oxygens (including phenoxy) is 1. The molecule has 9 nitrogen and oxygen atoms in total. The molecule has 0 saturated heterocycles. The molecule has 3 aromatic heterocycles. The number of hydrogen-bond donors (Lipinski definition) is 0. The van der Waals surface area contributed by atoms with Crippen molar-refractivity contribution in [1.82, 2.24) is 4.98 Å². The van der Waals surface area contributed by atoms with Crippen LogP contribution >= 0.6 is 11.3 Å². The number of anilines is 1. The van der Waals surface area contributed by atoms with Crippen LogP contribution in [-0.2, 0) is 6.54 Å². The molecule has 28 heavy (non-hydrogen) atoms. The summed E-state index contributed by atoms with van der Waals surface area (Å²) in [5.74, 6) is -0.126. The van der Waals surface area contributed by atoms with E-state index in [2.05, 4.69) is 4.98 Å². The molecule has 0 radical (unpaired) electrons. The molecule has 10 heteroatoms. The number of carbonyl (C=O) groups excluding carboxylic acids is 1. The number of amides is 1. The number of carbonyl (C=O) groups is 1. The number of benzene rings is 1. The zero-order valence-corrected chi connectivity index (χ0v) is 15.3. The van der Waals surface area contributed by atoms with Crippen LogP contribution in [0.25, 0.3) is 10.2 Å². The topological polar surface area (TPSA) is 112 Å². The zero-order valence-electron chi connectivity index (χ0n) is 14.5. The fourth-order valence-corrected chi connectivity index (χ4v) is 3.63. The Kier molecular flexibility index (Phi) is 4.53. The van der Waals surface area contributed by atoms with E-state index in [1.807, 2.05) is 12.1 Å². The lowest BCUT2D eigenvalue weighted by atomic mass is 10.3. The Morgan fingerprint density at radius 3 is 2.82 bits per heavy atom. The lowest BCUT2D eigenvalue weighted by Gasteiger charge is -2.17. The Hall–Kier alpha value is -3.66. The SMILES string of the molecule is COc1cccc2sc(N(Cc3ccco3)C(=O)c3ccc([N+](=O)[O-])o3)nc12. The van der Waals surface area contributed by atoms with Gasteiger partial charge >= 0.3 is 5.88 Å². The largest absolute Gasteiger partial charge is 0.494 e. The molecule has 0 saturated carbocycles. The van der Waals surface area contributed by atoms with Gasteiger partial charge in [0.05, 0.1) is 30.7 Å². The van der Waals surface area contributed by atoms with Crippen molar-refractivity contribution in [3.8, 4) is 5.75 Å². The molecule has 1 aromatic carbocycles. The zero-order chi connectivity index (χ0) is 19.7. The Balaban J connectivity index is 1.77. The van der Waals surface area contributed by atoms with Gasteiger partial charge in [0.25, 0.3) is 5.91 Å². The summed E-state index contributed by atoms with van der Waals surface area (Å²) in [6.45, 7) is 0.0858. The number of thiazole rings is 1. The van der Waals surface area contributed by atoms with Crippen molar-refractivity contribution >= 4 is 38.5 Å². The van der Waals surface area contributed by atoms with E-state index in [9.17, 15) is 14.9 Å². The van der Waals surface area contributed by atoms with Crippen LogP contribution in [0.1, 0.15) is 16.3 Å². The Bertz CT molecular complexity index is 1150. The second-order valence-electron chi connectivity index (χ2n) is 5.67. The second-order valence-corrected chi connectivity index (χ2v) is 6.68. The normalized spacial score (nSPS) is 10.9. The summed E-state index contributed by atoms with van der Waals surface area (Å²) in [7, 11) is 1.54. The van der Waals surface area contributed by atoms with Gasteiger partial charge in [-0.2, -0.15) is 0 Å². The maximum absolute atomic E-state index is 13.0. The van der Waals surface area contributed by atoms with Crippen molar-refractivity contribution in [3.63, 3.8) is 0 Å². The average Bonchev–Trinajstić information content (AvgIpc) is 3.45. The number of nitro groups is 1. The quantitative estimate of drug-likeness (QED) is 0.352. The molecule has 0 aliphatic heterocycles. The molecule has 0 atom stereocenters. The average molecular weight is 399 g/mol. The first-order valence-electron chi connectivity index (χ1n) is 8.09. The first kappa shape index (κ1) is 17.7. The Labute approximate surface area is 161 Å². The molecule has 0 aliphatic rings. The van der Waals surface area contributed by atoms with Gasteiger partial charge in [0.15, 0.2) is 10.9 Å². The van der Waals surface area contributed by atoms with Gasteiger partial charge < -0.3 is 13.6 Å². The van der Waals surface area contributed by atoms with Crippen LogP contribution in [0.15, 0.2) is 57.6 Å². The van der Waals surface area contributed by atoms with E-state index >= 15 is 0 Å². The monoisotopic (exact) mass is 399 g/mol. The molecular formula is C18H13N3O6S. The third-order valence-electron chi connectivity index (χ3n) is 3.94. The molecule has 0 bridgehead atoms. The lowest BCUT2D eigenvalue weighted by Crippen LogP contribution is -2.29. The van der Waals surface area contributed by atoms with Gasteiger partial charge in [0.2, 0.25) is 0 Å². The predicted molar refractivity (Wildman–Crippen MR) is 101 cm³/mol. The minimum absolute atomic E-state index is 0.0858. The molecule has 0 unspecified atom stereocenters. The van der Waals surface area contributed by atoms with Crippen molar-refractivity contribution in [3.05, 3.63) is 70.4 Å². The standard InChI is InChI=1S/C18H13N3O6S/c1-25-12-5-2-6-14-16(12)19-18(28-14)20(10-11-4-3-9-26-11)17(22)13-7-8-15(27-13)21(23)24/h2-9H,10H2,1H3. The minimum Gasteiger partial charge on any atom is -0.494 e. The number of furan rings is 2. The number of hydrogen-bond acceptors (Lipinski definition) is 8. The summed E-state index contributed by atoms with van der Waals surface area (Å²) in [5.41, 5.74) is 0.618. The molecule has 0 fully saturated rings. The van der Waals surface area contributed by atoms with E-state index in [0.29, 0.717) is 22.2 Å². The number of rotatable bonds is 6. The summed E-state index contributed by atoms with van der Waals surface area (Å²) >= 11 is 1.29.